The molecule has 1 rings (SSSR count). The molecule has 3 nitrogen and oxygen atoms in total. The molecular weight excluding hydrogens is 222 g/mol. The third kappa shape index (κ3) is 3.89. The van der Waals surface area contributed by atoms with Crippen LogP contribution in [-0.4, -0.2) is 41.2 Å². The molecule has 1 heterocycles. The molecule has 16 heavy (non-hydrogen) atoms. The average molecular weight is 245 g/mol. The summed E-state index contributed by atoms with van der Waals surface area (Å²) in [6.07, 6.45) is 3.05. The number of carbonyl (C=O) groups excluding carboxylic acids is 1. The third-order valence-corrected chi connectivity index (χ3v) is 4.09. The minimum absolute atomic E-state index is 0.168. The van der Waals surface area contributed by atoms with Gasteiger partial charge >= 0.3 is 6.09 Å². The summed E-state index contributed by atoms with van der Waals surface area (Å²) in [6, 6.07) is 0. The van der Waals surface area contributed by atoms with Gasteiger partial charge in [-0.25, -0.2) is 4.79 Å². The smallest absolute Gasteiger partial charge is 0.410 e. The van der Waals surface area contributed by atoms with Crippen LogP contribution in [-0.2, 0) is 4.74 Å². The summed E-state index contributed by atoms with van der Waals surface area (Å²) in [4.78, 5) is 13.7. The van der Waals surface area contributed by atoms with Crippen LogP contribution in [0.3, 0.4) is 0 Å². The second-order valence-electron chi connectivity index (χ2n) is 5.47. The first kappa shape index (κ1) is 13.7. The fraction of sp³-hybridized carbons (Fsp3) is 0.917. The molecular formula is C12H23NO2S. The summed E-state index contributed by atoms with van der Waals surface area (Å²) in [5.41, 5.74) is -0.392. The van der Waals surface area contributed by atoms with Crippen molar-refractivity contribution in [1.82, 2.24) is 4.90 Å². The second-order valence-corrected chi connectivity index (χ2v) is 6.54. The Morgan fingerprint density at radius 1 is 1.44 bits per heavy atom. The highest BCUT2D eigenvalue weighted by atomic mass is 32.2. The molecule has 1 aliphatic rings. The Hall–Kier alpha value is -0.380. The Balaban J connectivity index is 2.48. The van der Waals surface area contributed by atoms with E-state index < -0.39 is 5.60 Å². The van der Waals surface area contributed by atoms with E-state index in [2.05, 4.69) is 13.2 Å². The van der Waals surface area contributed by atoms with Crippen LogP contribution in [0.4, 0.5) is 4.79 Å². The Labute approximate surface area is 103 Å². The van der Waals surface area contributed by atoms with E-state index in [1.54, 1.807) is 0 Å². The van der Waals surface area contributed by atoms with Crippen LogP contribution in [0.1, 0.15) is 34.1 Å². The van der Waals surface area contributed by atoms with Crippen molar-refractivity contribution in [2.45, 2.75) is 45.0 Å². The molecule has 94 valence electrons. The van der Waals surface area contributed by atoms with Crippen molar-refractivity contribution >= 4 is 17.9 Å². The Morgan fingerprint density at radius 3 is 2.50 bits per heavy atom. The Kier molecular flexibility index (Phi) is 4.53. The molecule has 0 radical (unpaired) electrons. The maximum Gasteiger partial charge on any atom is 0.410 e. The van der Waals surface area contributed by atoms with E-state index in [0.29, 0.717) is 11.2 Å². The van der Waals surface area contributed by atoms with Gasteiger partial charge in [-0.3, -0.25) is 0 Å². The quantitative estimate of drug-likeness (QED) is 0.711. The molecule has 0 bridgehead atoms. The molecule has 0 aliphatic carbocycles. The van der Waals surface area contributed by atoms with Gasteiger partial charge in [0.15, 0.2) is 0 Å². The summed E-state index contributed by atoms with van der Waals surface area (Å²) in [6.45, 7) is 9.57. The summed E-state index contributed by atoms with van der Waals surface area (Å²) in [5.74, 6) is 0.552. The lowest BCUT2D eigenvalue weighted by molar-refractivity contribution is 0.0180. The van der Waals surface area contributed by atoms with Gasteiger partial charge in [0.25, 0.3) is 0 Å². The Bertz CT molecular complexity index is 250. The van der Waals surface area contributed by atoms with E-state index in [1.165, 1.54) is 0 Å². The molecule has 2 atom stereocenters. The van der Waals surface area contributed by atoms with Crippen molar-refractivity contribution in [2.75, 3.05) is 19.3 Å². The standard InChI is InChI=1S/C12H23NO2S/c1-9-8-13(7-6-10(9)16-5)11(14)15-12(2,3)4/h9-10H,6-8H2,1-5H3. The zero-order valence-electron chi connectivity index (χ0n) is 10.9. The van der Waals surface area contributed by atoms with Crippen LogP contribution < -0.4 is 0 Å². The maximum atomic E-state index is 11.9. The number of hydrogen-bond donors (Lipinski definition) is 0. The minimum Gasteiger partial charge on any atom is -0.444 e. The molecule has 2 unspecified atom stereocenters. The second kappa shape index (κ2) is 5.30. The third-order valence-electron chi connectivity index (χ3n) is 2.78. The normalized spacial score (nSPS) is 26.7. The highest BCUT2D eigenvalue weighted by Crippen LogP contribution is 2.27. The van der Waals surface area contributed by atoms with E-state index >= 15 is 0 Å². The van der Waals surface area contributed by atoms with E-state index in [9.17, 15) is 4.79 Å². The van der Waals surface area contributed by atoms with Crippen LogP contribution in [0.5, 0.6) is 0 Å². The van der Waals surface area contributed by atoms with Gasteiger partial charge in [0, 0.05) is 18.3 Å². The zero-order chi connectivity index (χ0) is 12.3. The van der Waals surface area contributed by atoms with Crippen LogP contribution in [0.25, 0.3) is 0 Å². The van der Waals surface area contributed by atoms with Crippen LogP contribution >= 0.6 is 11.8 Å². The number of thioether (sulfide) groups is 1. The van der Waals surface area contributed by atoms with E-state index in [-0.39, 0.29) is 6.09 Å². The van der Waals surface area contributed by atoms with Crippen molar-refractivity contribution < 1.29 is 9.53 Å². The number of carbonyl (C=O) groups is 1. The molecule has 0 N–H and O–H groups in total. The van der Waals surface area contributed by atoms with Crippen molar-refractivity contribution in [3.8, 4) is 0 Å². The Morgan fingerprint density at radius 2 is 2.06 bits per heavy atom. The lowest BCUT2D eigenvalue weighted by atomic mass is 10.00. The van der Waals surface area contributed by atoms with E-state index in [4.69, 9.17) is 4.74 Å². The fourth-order valence-corrected chi connectivity index (χ4v) is 2.86. The number of ether oxygens (including phenoxy) is 1. The number of piperidine rings is 1. The van der Waals surface area contributed by atoms with Crippen molar-refractivity contribution in [2.24, 2.45) is 5.92 Å². The average Bonchev–Trinajstić information content (AvgIpc) is 2.15. The summed E-state index contributed by atoms with van der Waals surface area (Å²) in [5, 5.41) is 0.679. The molecule has 1 amide bonds. The number of amides is 1. The molecule has 0 aromatic heterocycles. The maximum absolute atomic E-state index is 11.9. The predicted octanol–water partition coefficient (Wildman–Crippen LogP) is 2.99. The van der Waals surface area contributed by atoms with E-state index in [1.807, 2.05) is 37.4 Å². The summed E-state index contributed by atoms with van der Waals surface area (Å²) in [7, 11) is 0. The molecule has 1 aliphatic heterocycles. The monoisotopic (exact) mass is 245 g/mol. The SMILES string of the molecule is CSC1CCN(C(=O)OC(C)(C)C)CC1C. The summed E-state index contributed by atoms with van der Waals surface area (Å²) >= 11 is 1.90. The van der Waals surface area contributed by atoms with E-state index in [0.717, 1.165) is 19.5 Å². The van der Waals surface area contributed by atoms with Gasteiger partial charge in [-0.1, -0.05) is 6.92 Å². The first-order chi connectivity index (χ1) is 7.33. The van der Waals surface area contributed by atoms with Crippen LogP contribution in [0.15, 0.2) is 0 Å². The topological polar surface area (TPSA) is 29.5 Å². The zero-order valence-corrected chi connectivity index (χ0v) is 11.8. The van der Waals surface area contributed by atoms with Crippen molar-refractivity contribution in [3.05, 3.63) is 0 Å². The predicted molar refractivity (Wildman–Crippen MR) is 68.9 cm³/mol. The lowest BCUT2D eigenvalue weighted by Gasteiger charge is -2.36. The molecule has 0 aromatic carbocycles. The molecule has 1 fully saturated rings. The molecule has 0 aromatic rings. The van der Waals surface area contributed by atoms with Crippen LogP contribution in [0, 0.1) is 5.92 Å². The van der Waals surface area contributed by atoms with Crippen molar-refractivity contribution in [3.63, 3.8) is 0 Å². The largest absolute Gasteiger partial charge is 0.444 e. The van der Waals surface area contributed by atoms with Gasteiger partial charge in [0.1, 0.15) is 5.60 Å². The highest BCUT2D eigenvalue weighted by molar-refractivity contribution is 7.99. The van der Waals surface area contributed by atoms with Gasteiger partial charge in [0.2, 0.25) is 0 Å². The first-order valence-corrected chi connectivity index (χ1v) is 7.13. The minimum atomic E-state index is -0.392. The molecule has 0 saturated carbocycles. The number of nitrogens with zero attached hydrogens (tertiary/aromatic N) is 1. The highest BCUT2D eigenvalue weighted by Gasteiger charge is 2.30. The lowest BCUT2D eigenvalue weighted by Crippen LogP contribution is -2.46. The number of rotatable bonds is 1. The van der Waals surface area contributed by atoms with Crippen LogP contribution in [0.2, 0.25) is 0 Å². The number of hydrogen-bond acceptors (Lipinski definition) is 3. The van der Waals surface area contributed by atoms with Gasteiger partial charge < -0.3 is 9.64 Å². The van der Waals surface area contributed by atoms with Crippen molar-refractivity contribution in [1.29, 1.82) is 0 Å². The number of likely N-dealkylation sites (tertiary alicyclic amines) is 1. The van der Waals surface area contributed by atoms with Gasteiger partial charge in [-0.2, -0.15) is 11.8 Å². The van der Waals surface area contributed by atoms with Gasteiger partial charge in [0.05, 0.1) is 0 Å². The first-order valence-electron chi connectivity index (χ1n) is 5.84. The van der Waals surface area contributed by atoms with Gasteiger partial charge in [-0.05, 0) is 39.4 Å². The molecule has 1 saturated heterocycles. The van der Waals surface area contributed by atoms with Gasteiger partial charge in [-0.15, -0.1) is 0 Å². The fourth-order valence-electron chi connectivity index (χ4n) is 1.97. The molecule has 4 heteroatoms. The summed E-state index contributed by atoms with van der Waals surface area (Å²) < 4.78 is 5.37. The molecule has 0 spiro atoms.